The zero-order valence-corrected chi connectivity index (χ0v) is 11.4. The predicted molar refractivity (Wildman–Crippen MR) is 72.9 cm³/mol. The van der Waals surface area contributed by atoms with E-state index < -0.39 is 5.41 Å². The van der Waals surface area contributed by atoms with Crippen molar-refractivity contribution in [2.24, 2.45) is 11.1 Å². The molecule has 3 atom stereocenters. The Hall–Kier alpha value is -1.42. The van der Waals surface area contributed by atoms with E-state index in [1.165, 1.54) is 12.1 Å². The molecule has 1 aliphatic carbocycles. The summed E-state index contributed by atoms with van der Waals surface area (Å²) < 4.78 is 12.9. The molecular weight excluding hydrogens is 243 g/mol. The molecule has 0 spiro atoms. The number of carbonyl (C=O) groups excluding carboxylic acids is 1. The smallest absolute Gasteiger partial charge is 0.227 e. The fourth-order valence-electron chi connectivity index (χ4n) is 2.67. The number of hydrogen-bond acceptors (Lipinski definition) is 2. The molecule has 1 aromatic rings. The Balaban J connectivity index is 2.04. The van der Waals surface area contributed by atoms with E-state index in [9.17, 15) is 9.18 Å². The molecule has 1 aromatic carbocycles. The topological polar surface area (TPSA) is 55.1 Å². The maximum Gasteiger partial charge on any atom is 0.227 e. The second kappa shape index (κ2) is 5.29. The van der Waals surface area contributed by atoms with Crippen LogP contribution in [0, 0.1) is 11.2 Å². The Morgan fingerprint density at radius 2 is 2.11 bits per heavy atom. The van der Waals surface area contributed by atoms with E-state index in [4.69, 9.17) is 5.73 Å². The maximum absolute atomic E-state index is 12.9. The normalized spacial score (nSPS) is 28.1. The van der Waals surface area contributed by atoms with Gasteiger partial charge in [0.2, 0.25) is 5.91 Å². The molecule has 2 rings (SSSR count). The first-order valence-electron chi connectivity index (χ1n) is 6.75. The highest BCUT2D eigenvalue weighted by Crippen LogP contribution is 2.37. The van der Waals surface area contributed by atoms with Crippen LogP contribution in [0.25, 0.3) is 0 Å². The van der Waals surface area contributed by atoms with E-state index in [1.54, 1.807) is 12.1 Å². The van der Waals surface area contributed by atoms with Crippen molar-refractivity contribution in [3.63, 3.8) is 0 Å². The number of nitrogens with two attached hydrogens (primary N) is 1. The van der Waals surface area contributed by atoms with Crippen molar-refractivity contribution < 1.29 is 9.18 Å². The minimum Gasteiger partial charge on any atom is -0.349 e. The third-order valence-electron chi connectivity index (χ3n) is 4.27. The highest BCUT2D eigenvalue weighted by molar-refractivity contribution is 5.83. The molecule has 104 valence electrons. The molecule has 19 heavy (non-hydrogen) atoms. The molecular formula is C15H21FN2O. The van der Waals surface area contributed by atoms with Gasteiger partial charge in [0, 0.05) is 6.04 Å². The number of carbonyl (C=O) groups is 1. The minimum absolute atomic E-state index is 0.00525. The summed E-state index contributed by atoms with van der Waals surface area (Å²) in [5.41, 5.74) is 6.45. The number of amides is 1. The van der Waals surface area contributed by atoms with E-state index in [2.05, 4.69) is 5.32 Å². The zero-order chi connectivity index (χ0) is 14.0. The first-order chi connectivity index (χ1) is 8.93. The van der Waals surface area contributed by atoms with Crippen LogP contribution in [0.2, 0.25) is 0 Å². The van der Waals surface area contributed by atoms with Crippen molar-refractivity contribution >= 4 is 5.91 Å². The Morgan fingerprint density at radius 3 is 2.63 bits per heavy atom. The fourth-order valence-corrected chi connectivity index (χ4v) is 2.67. The van der Waals surface area contributed by atoms with Crippen molar-refractivity contribution in [1.82, 2.24) is 5.32 Å². The summed E-state index contributed by atoms with van der Waals surface area (Å²) in [6.07, 6.45) is 2.72. The van der Waals surface area contributed by atoms with Crippen molar-refractivity contribution in [2.75, 3.05) is 0 Å². The Labute approximate surface area is 113 Å². The van der Waals surface area contributed by atoms with E-state index in [0.717, 1.165) is 24.8 Å². The average molecular weight is 264 g/mol. The van der Waals surface area contributed by atoms with E-state index in [0.29, 0.717) is 0 Å². The second-order valence-electron chi connectivity index (χ2n) is 5.66. The number of halogens is 1. The van der Waals surface area contributed by atoms with Crippen molar-refractivity contribution in [3.05, 3.63) is 35.6 Å². The zero-order valence-electron chi connectivity index (χ0n) is 11.4. The molecule has 1 amide bonds. The molecule has 0 radical (unpaired) electrons. The van der Waals surface area contributed by atoms with Gasteiger partial charge in [-0.05, 0) is 44.4 Å². The molecule has 3 nitrogen and oxygen atoms in total. The maximum atomic E-state index is 12.9. The van der Waals surface area contributed by atoms with E-state index >= 15 is 0 Å². The third-order valence-corrected chi connectivity index (χ3v) is 4.27. The third kappa shape index (κ3) is 2.78. The van der Waals surface area contributed by atoms with Crippen LogP contribution in [-0.4, -0.2) is 11.9 Å². The molecule has 0 heterocycles. The number of benzene rings is 1. The Kier molecular flexibility index (Phi) is 3.90. The highest BCUT2D eigenvalue weighted by Gasteiger charge is 2.43. The van der Waals surface area contributed by atoms with Gasteiger partial charge in [0.25, 0.3) is 0 Å². The van der Waals surface area contributed by atoms with Gasteiger partial charge in [-0.15, -0.1) is 0 Å². The van der Waals surface area contributed by atoms with Crippen molar-refractivity contribution in [3.8, 4) is 0 Å². The standard InChI is InChI=1S/C15H21FN2O/c1-10(11-5-7-12(16)8-6-11)18-14(19)15(2)9-3-4-13(15)17/h5-8,10,13H,3-4,9,17H2,1-2H3,(H,18,19). The van der Waals surface area contributed by atoms with Crippen LogP contribution in [-0.2, 0) is 4.79 Å². The first kappa shape index (κ1) is 14.0. The summed E-state index contributed by atoms with van der Waals surface area (Å²) >= 11 is 0. The molecule has 1 saturated carbocycles. The lowest BCUT2D eigenvalue weighted by Crippen LogP contribution is -2.47. The molecule has 3 N–H and O–H groups in total. The number of hydrogen-bond donors (Lipinski definition) is 2. The summed E-state index contributed by atoms with van der Waals surface area (Å²) in [6.45, 7) is 3.83. The molecule has 3 unspecified atom stereocenters. The second-order valence-corrected chi connectivity index (χ2v) is 5.66. The molecule has 0 aliphatic heterocycles. The van der Waals surface area contributed by atoms with Crippen LogP contribution in [0.5, 0.6) is 0 Å². The van der Waals surface area contributed by atoms with Gasteiger partial charge in [0.15, 0.2) is 0 Å². The number of rotatable bonds is 3. The fraction of sp³-hybridized carbons (Fsp3) is 0.533. The largest absolute Gasteiger partial charge is 0.349 e. The van der Waals surface area contributed by atoms with Gasteiger partial charge in [-0.25, -0.2) is 4.39 Å². The molecule has 4 heteroatoms. The van der Waals surface area contributed by atoms with Crippen molar-refractivity contribution in [2.45, 2.75) is 45.2 Å². The summed E-state index contributed by atoms with van der Waals surface area (Å²) in [6, 6.07) is 5.97. The van der Waals surface area contributed by atoms with Crippen LogP contribution in [0.15, 0.2) is 24.3 Å². The summed E-state index contributed by atoms with van der Waals surface area (Å²) in [5.74, 6) is -0.277. The van der Waals surface area contributed by atoms with Crippen LogP contribution >= 0.6 is 0 Å². The minimum atomic E-state index is -0.478. The summed E-state index contributed by atoms with van der Waals surface area (Å²) in [7, 11) is 0. The van der Waals surface area contributed by atoms with Gasteiger partial charge in [0.05, 0.1) is 11.5 Å². The van der Waals surface area contributed by atoms with Gasteiger partial charge < -0.3 is 11.1 Å². The quantitative estimate of drug-likeness (QED) is 0.881. The molecule has 1 aliphatic rings. The summed E-state index contributed by atoms with van der Waals surface area (Å²) in [4.78, 5) is 12.4. The first-order valence-corrected chi connectivity index (χ1v) is 6.75. The van der Waals surface area contributed by atoms with Gasteiger partial charge in [0.1, 0.15) is 5.82 Å². The lowest BCUT2D eigenvalue weighted by molar-refractivity contribution is -0.131. The molecule has 1 fully saturated rings. The lowest BCUT2D eigenvalue weighted by atomic mass is 9.84. The average Bonchev–Trinajstić information content (AvgIpc) is 2.71. The van der Waals surface area contributed by atoms with Gasteiger partial charge in [-0.3, -0.25) is 4.79 Å². The molecule has 0 saturated heterocycles. The van der Waals surface area contributed by atoms with Crippen LogP contribution in [0.4, 0.5) is 4.39 Å². The monoisotopic (exact) mass is 264 g/mol. The Morgan fingerprint density at radius 1 is 1.47 bits per heavy atom. The number of nitrogens with one attached hydrogen (secondary N) is 1. The van der Waals surface area contributed by atoms with Gasteiger partial charge >= 0.3 is 0 Å². The lowest BCUT2D eigenvalue weighted by Gasteiger charge is -2.29. The molecule has 0 bridgehead atoms. The van der Waals surface area contributed by atoms with E-state index in [1.807, 2.05) is 13.8 Å². The predicted octanol–water partition coefficient (Wildman–Crippen LogP) is 2.52. The van der Waals surface area contributed by atoms with Gasteiger partial charge in [-0.1, -0.05) is 18.6 Å². The van der Waals surface area contributed by atoms with Crippen LogP contribution in [0.3, 0.4) is 0 Å². The highest BCUT2D eigenvalue weighted by atomic mass is 19.1. The van der Waals surface area contributed by atoms with Crippen molar-refractivity contribution in [1.29, 1.82) is 0 Å². The SMILES string of the molecule is CC(NC(=O)C1(C)CCCC1N)c1ccc(F)cc1. The van der Waals surface area contributed by atoms with E-state index in [-0.39, 0.29) is 23.8 Å². The van der Waals surface area contributed by atoms with Gasteiger partial charge in [-0.2, -0.15) is 0 Å². The Bertz CT molecular complexity index is 460. The van der Waals surface area contributed by atoms with Crippen LogP contribution < -0.4 is 11.1 Å². The van der Waals surface area contributed by atoms with Crippen LogP contribution in [0.1, 0.15) is 44.7 Å². The molecule has 0 aromatic heterocycles. The summed E-state index contributed by atoms with van der Waals surface area (Å²) in [5, 5.41) is 2.99.